The van der Waals surface area contributed by atoms with Crippen molar-refractivity contribution in [3.63, 3.8) is 0 Å². The Morgan fingerprint density at radius 3 is 3.09 bits per heavy atom. The van der Waals surface area contributed by atoms with E-state index in [9.17, 15) is 4.79 Å². The average Bonchev–Trinajstić information content (AvgIpc) is 3.13. The molecule has 23 heavy (non-hydrogen) atoms. The van der Waals surface area contributed by atoms with Crippen LogP contribution in [0.2, 0.25) is 0 Å². The van der Waals surface area contributed by atoms with Crippen molar-refractivity contribution < 1.29 is 4.79 Å². The number of nitrogens with one attached hydrogen (secondary N) is 3. The van der Waals surface area contributed by atoms with Gasteiger partial charge < -0.3 is 20.5 Å². The largest absolute Gasteiger partial charge is 0.338 e. The molecule has 1 aliphatic rings. The Morgan fingerprint density at radius 1 is 1.48 bits per heavy atom. The summed E-state index contributed by atoms with van der Waals surface area (Å²) >= 11 is 0. The monoisotopic (exact) mass is 314 g/mol. The number of rotatable bonds is 4. The summed E-state index contributed by atoms with van der Waals surface area (Å²) < 4.78 is 2.05. The van der Waals surface area contributed by atoms with E-state index < -0.39 is 0 Å². The number of aromatic nitrogens is 3. The predicted molar refractivity (Wildman–Crippen MR) is 88.3 cm³/mol. The van der Waals surface area contributed by atoms with Crippen LogP contribution in [0.5, 0.6) is 0 Å². The predicted octanol–water partition coefficient (Wildman–Crippen LogP) is 1.25. The van der Waals surface area contributed by atoms with Gasteiger partial charge in [-0.15, -0.1) is 0 Å². The molecule has 0 saturated carbocycles. The van der Waals surface area contributed by atoms with Crippen molar-refractivity contribution in [3.05, 3.63) is 42.2 Å². The number of anilines is 1. The molecule has 122 valence electrons. The highest BCUT2D eigenvalue weighted by Gasteiger charge is 2.30. The number of aryl methyl sites for hydroxylation is 2. The van der Waals surface area contributed by atoms with Crippen molar-refractivity contribution in [1.82, 2.24) is 25.2 Å². The van der Waals surface area contributed by atoms with Crippen LogP contribution in [0.15, 0.2) is 30.9 Å². The molecule has 3 N–H and O–H groups in total. The molecule has 2 amide bonds. The van der Waals surface area contributed by atoms with Gasteiger partial charge in [0.2, 0.25) is 0 Å². The molecule has 1 saturated heterocycles. The van der Waals surface area contributed by atoms with Gasteiger partial charge in [-0.25, -0.2) is 9.78 Å². The molecule has 2 aromatic rings. The molecule has 2 atom stereocenters. The molecule has 0 bridgehead atoms. The Bertz CT molecular complexity index is 683. The first-order valence-corrected chi connectivity index (χ1v) is 7.78. The third kappa shape index (κ3) is 3.68. The fourth-order valence-electron chi connectivity index (χ4n) is 3.04. The number of hydrogen-bond donors (Lipinski definition) is 3. The second kappa shape index (κ2) is 6.78. The molecule has 1 fully saturated rings. The lowest BCUT2D eigenvalue weighted by molar-refractivity contribution is 0.250. The van der Waals surface area contributed by atoms with Crippen LogP contribution in [-0.2, 0) is 7.05 Å². The number of hydrogen-bond acceptors (Lipinski definition) is 4. The number of imidazole rings is 1. The molecule has 0 spiro atoms. The summed E-state index contributed by atoms with van der Waals surface area (Å²) in [7, 11) is 2.00. The molecule has 1 aliphatic heterocycles. The van der Waals surface area contributed by atoms with Gasteiger partial charge in [0.25, 0.3) is 0 Å². The number of carbonyl (C=O) groups excluding carboxylic acids is 1. The second-order valence-corrected chi connectivity index (χ2v) is 5.98. The summed E-state index contributed by atoms with van der Waals surface area (Å²) in [4.78, 5) is 20.4. The molecule has 0 unspecified atom stereocenters. The Labute approximate surface area is 135 Å². The summed E-state index contributed by atoms with van der Waals surface area (Å²) in [6.45, 7) is 4.33. The summed E-state index contributed by atoms with van der Waals surface area (Å²) in [6.07, 6.45) is 5.41. The maximum absolute atomic E-state index is 12.1. The lowest BCUT2D eigenvalue weighted by Gasteiger charge is -2.19. The molecule has 3 heterocycles. The Balaban J connectivity index is 1.55. The highest BCUT2D eigenvalue weighted by atomic mass is 16.2. The molecule has 2 aromatic heterocycles. The number of nitrogens with zero attached hydrogens (tertiary/aromatic N) is 3. The molecule has 0 radical (unpaired) electrons. The van der Waals surface area contributed by atoms with E-state index in [4.69, 9.17) is 0 Å². The highest BCUT2D eigenvalue weighted by Crippen LogP contribution is 2.27. The average molecular weight is 314 g/mol. The van der Waals surface area contributed by atoms with Gasteiger partial charge in [0.15, 0.2) is 0 Å². The zero-order valence-corrected chi connectivity index (χ0v) is 13.4. The Morgan fingerprint density at radius 2 is 2.35 bits per heavy atom. The zero-order valence-electron chi connectivity index (χ0n) is 13.4. The van der Waals surface area contributed by atoms with Gasteiger partial charge in [0.05, 0.1) is 6.33 Å². The first-order valence-electron chi connectivity index (χ1n) is 7.78. The minimum Gasteiger partial charge on any atom is -0.338 e. The lowest BCUT2D eigenvalue weighted by Crippen LogP contribution is -2.35. The van der Waals surface area contributed by atoms with Gasteiger partial charge in [-0.05, 0) is 25.0 Å². The molecule has 7 heteroatoms. The van der Waals surface area contributed by atoms with Crippen LogP contribution in [0.4, 0.5) is 10.5 Å². The third-order valence-electron chi connectivity index (χ3n) is 4.25. The minimum atomic E-state index is -0.189. The zero-order chi connectivity index (χ0) is 16.2. The molecule has 7 nitrogen and oxygen atoms in total. The molecular formula is C16H22N6O. The van der Waals surface area contributed by atoms with E-state index in [1.807, 2.05) is 37.1 Å². The minimum absolute atomic E-state index is 0.189. The van der Waals surface area contributed by atoms with Gasteiger partial charge in [0, 0.05) is 62.1 Å². The van der Waals surface area contributed by atoms with E-state index in [1.54, 1.807) is 12.3 Å². The van der Waals surface area contributed by atoms with E-state index in [1.165, 1.54) is 5.69 Å². The number of amides is 2. The maximum Gasteiger partial charge on any atom is 0.319 e. The van der Waals surface area contributed by atoms with Crippen molar-refractivity contribution in [2.75, 3.05) is 25.0 Å². The normalized spacial score (nSPS) is 20.4. The van der Waals surface area contributed by atoms with Crippen LogP contribution in [0, 0.1) is 12.8 Å². The fraction of sp³-hybridized carbons (Fsp3) is 0.438. The van der Waals surface area contributed by atoms with Gasteiger partial charge >= 0.3 is 6.03 Å². The van der Waals surface area contributed by atoms with E-state index >= 15 is 0 Å². The smallest absolute Gasteiger partial charge is 0.319 e. The van der Waals surface area contributed by atoms with Crippen molar-refractivity contribution >= 4 is 11.7 Å². The van der Waals surface area contributed by atoms with Crippen molar-refractivity contribution in [3.8, 4) is 0 Å². The van der Waals surface area contributed by atoms with Crippen LogP contribution < -0.4 is 16.0 Å². The van der Waals surface area contributed by atoms with Crippen LogP contribution >= 0.6 is 0 Å². The topological polar surface area (TPSA) is 83.9 Å². The van der Waals surface area contributed by atoms with Crippen molar-refractivity contribution in [1.29, 1.82) is 0 Å². The summed E-state index contributed by atoms with van der Waals surface area (Å²) in [6, 6.07) is 3.43. The number of urea groups is 1. The molecule has 3 rings (SSSR count). The first kappa shape index (κ1) is 15.5. The van der Waals surface area contributed by atoms with Crippen LogP contribution in [0.25, 0.3) is 0 Å². The number of pyridine rings is 1. The van der Waals surface area contributed by atoms with E-state index in [0.29, 0.717) is 18.4 Å². The maximum atomic E-state index is 12.1. The fourth-order valence-corrected chi connectivity index (χ4v) is 3.04. The number of carbonyl (C=O) groups is 1. The van der Waals surface area contributed by atoms with Gasteiger partial charge in [-0.3, -0.25) is 4.98 Å². The SMILES string of the molecule is Cc1cc(NC(=O)NC[C@@H]2CNC[C@H]2c2cncn2C)ccn1. The second-order valence-electron chi connectivity index (χ2n) is 5.98. The van der Waals surface area contributed by atoms with Gasteiger partial charge in [0.1, 0.15) is 0 Å². The molecule has 0 aliphatic carbocycles. The van der Waals surface area contributed by atoms with Crippen LogP contribution in [0.1, 0.15) is 17.3 Å². The van der Waals surface area contributed by atoms with E-state index in [2.05, 4.69) is 25.9 Å². The first-order chi connectivity index (χ1) is 11.1. The van der Waals surface area contributed by atoms with Gasteiger partial charge in [-0.1, -0.05) is 0 Å². The molecule has 0 aromatic carbocycles. The van der Waals surface area contributed by atoms with Crippen molar-refractivity contribution in [2.24, 2.45) is 13.0 Å². The lowest BCUT2D eigenvalue weighted by atomic mass is 9.93. The van der Waals surface area contributed by atoms with Crippen molar-refractivity contribution in [2.45, 2.75) is 12.8 Å². The third-order valence-corrected chi connectivity index (χ3v) is 4.25. The molecular weight excluding hydrogens is 292 g/mol. The summed E-state index contributed by atoms with van der Waals surface area (Å²) in [5, 5.41) is 9.20. The Hall–Kier alpha value is -2.41. The van der Waals surface area contributed by atoms with E-state index in [0.717, 1.165) is 24.5 Å². The van der Waals surface area contributed by atoms with Gasteiger partial charge in [-0.2, -0.15) is 0 Å². The quantitative estimate of drug-likeness (QED) is 0.793. The van der Waals surface area contributed by atoms with E-state index in [-0.39, 0.29) is 6.03 Å². The standard InChI is InChI=1S/C16H22N6O/c1-11-5-13(3-4-19-11)21-16(23)20-7-12-6-17-8-14(12)15-9-18-10-22(15)2/h3-5,9-10,12,14,17H,6-8H2,1-2H3,(H2,19,20,21,23)/t12-,14+/m0/s1. The highest BCUT2D eigenvalue weighted by molar-refractivity contribution is 5.89. The Kier molecular flexibility index (Phi) is 4.57. The summed E-state index contributed by atoms with van der Waals surface area (Å²) in [5.41, 5.74) is 2.83. The van der Waals surface area contributed by atoms with Crippen LogP contribution in [-0.4, -0.2) is 40.2 Å². The van der Waals surface area contributed by atoms with Crippen LogP contribution in [0.3, 0.4) is 0 Å². The summed E-state index contributed by atoms with van der Waals surface area (Å²) in [5.74, 6) is 0.723.